The summed E-state index contributed by atoms with van der Waals surface area (Å²) in [6, 6.07) is 8.97. The minimum Gasteiger partial charge on any atom is -0.490 e. The number of rotatable bonds is 6. The van der Waals surface area contributed by atoms with Gasteiger partial charge in [-0.15, -0.1) is 0 Å². The zero-order valence-electron chi connectivity index (χ0n) is 14.0. The number of benzene rings is 1. The van der Waals surface area contributed by atoms with Crippen LogP contribution in [0.5, 0.6) is 5.75 Å². The van der Waals surface area contributed by atoms with Crippen LogP contribution in [0.25, 0.3) is 0 Å². The van der Waals surface area contributed by atoms with Crippen molar-refractivity contribution in [1.82, 2.24) is 15.3 Å². The van der Waals surface area contributed by atoms with E-state index < -0.39 is 0 Å². The van der Waals surface area contributed by atoms with Gasteiger partial charge in [0.05, 0.1) is 6.10 Å². The fourth-order valence-corrected chi connectivity index (χ4v) is 2.84. The second-order valence-corrected chi connectivity index (χ2v) is 6.75. The van der Waals surface area contributed by atoms with E-state index in [1.54, 1.807) is 0 Å². The van der Waals surface area contributed by atoms with Crippen LogP contribution in [0, 0.1) is 0 Å². The average molecular weight is 339 g/mol. The van der Waals surface area contributed by atoms with E-state index >= 15 is 0 Å². The summed E-state index contributed by atoms with van der Waals surface area (Å²) in [5.74, 6) is 1.37. The van der Waals surface area contributed by atoms with Crippen LogP contribution < -0.4 is 15.6 Å². The maximum atomic E-state index is 12.4. The van der Waals surface area contributed by atoms with E-state index in [2.05, 4.69) is 15.3 Å². The van der Waals surface area contributed by atoms with E-state index in [1.807, 2.05) is 24.3 Å². The lowest BCUT2D eigenvalue weighted by Crippen LogP contribution is -2.28. The Balaban J connectivity index is 1.44. The highest BCUT2D eigenvalue weighted by molar-refractivity contribution is 5.92. The molecule has 1 aromatic carbocycles. The number of carbonyl (C=O) groups excluding carboxylic acids is 1. The van der Waals surface area contributed by atoms with E-state index in [1.165, 1.54) is 12.5 Å². The Morgan fingerprint density at radius 1 is 1.24 bits per heavy atom. The van der Waals surface area contributed by atoms with Crippen molar-refractivity contribution in [2.45, 2.75) is 50.7 Å². The summed E-state index contributed by atoms with van der Waals surface area (Å²) in [5, 5.41) is 2.84. The Kier molecular flexibility index (Phi) is 4.26. The summed E-state index contributed by atoms with van der Waals surface area (Å²) in [6.45, 7) is 0.342. The summed E-state index contributed by atoms with van der Waals surface area (Å²) < 4.78 is 5.98. The Hall–Kier alpha value is -2.63. The molecule has 1 heterocycles. The van der Waals surface area contributed by atoms with Crippen molar-refractivity contribution in [2.75, 3.05) is 0 Å². The molecule has 0 unspecified atom stereocenters. The molecular formula is C19H21N3O3. The van der Waals surface area contributed by atoms with E-state index in [0.29, 0.717) is 12.4 Å². The van der Waals surface area contributed by atoms with Crippen molar-refractivity contribution < 1.29 is 9.53 Å². The zero-order chi connectivity index (χ0) is 17.2. The molecule has 0 aliphatic heterocycles. The minimum absolute atomic E-state index is 0.169. The largest absolute Gasteiger partial charge is 0.490 e. The highest BCUT2D eigenvalue weighted by atomic mass is 16.5. The summed E-state index contributed by atoms with van der Waals surface area (Å²) >= 11 is 0. The number of aromatic amines is 1. The first-order valence-corrected chi connectivity index (χ1v) is 8.83. The van der Waals surface area contributed by atoms with E-state index in [-0.39, 0.29) is 29.2 Å². The number of aromatic nitrogens is 2. The molecule has 6 nitrogen and oxygen atoms in total. The number of ether oxygens (including phenoxy) is 1. The highest BCUT2D eigenvalue weighted by Gasteiger charge is 2.27. The molecule has 2 aliphatic rings. The Labute approximate surface area is 145 Å². The molecule has 0 spiro atoms. The third-order valence-electron chi connectivity index (χ3n) is 4.71. The lowest BCUT2D eigenvalue weighted by atomic mass is 9.96. The SMILES string of the molecule is O=C(NCc1ccccc1OC1CCC1)c1cc(=O)[nH]c(C2CC2)n1. The van der Waals surface area contributed by atoms with Gasteiger partial charge in [0, 0.05) is 24.1 Å². The smallest absolute Gasteiger partial charge is 0.270 e. The molecule has 25 heavy (non-hydrogen) atoms. The van der Waals surface area contributed by atoms with Gasteiger partial charge in [0.25, 0.3) is 11.5 Å². The third-order valence-corrected chi connectivity index (χ3v) is 4.71. The predicted octanol–water partition coefficient (Wildman–Crippen LogP) is 2.51. The third kappa shape index (κ3) is 3.73. The quantitative estimate of drug-likeness (QED) is 0.847. The molecule has 2 aromatic rings. The van der Waals surface area contributed by atoms with Gasteiger partial charge in [0.15, 0.2) is 0 Å². The lowest BCUT2D eigenvalue weighted by Gasteiger charge is -2.27. The number of hydrogen-bond donors (Lipinski definition) is 2. The van der Waals surface area contributed by atoms with Crippen LogP contribution in [0.4, 0.5) is 0 Å². The van der Waals surface area contributed by atoms with Gasteiger partial charge >= 0.3 is 0 Å². The summed E-state index contributed by atoms with van der Waals surface area (Å²) in [6.07, 6.45) is 5.69. The van der Waals surface area contributed by atoms with Gasteiger partial charge in [0.1, 0.15) is 17.3 Å². The van der Waals surface area contributed by atoms with Crippen molar-refractivity contribution in [1.29, 1.82) is 0 Å². The van der Waals surface area contributed by atoms with Gasteiger partial charge in [-0.3, -0.25) is 9.59 Å². The fourth-order valence-electron chi connectivity index (χ4n) is 2.84. The minimum atomic E-state index is -0.341. The predicted molar refractivity (Wildman–Crippen MR) is 92.7 cm³/mol. The maximum absolute atomic E-state index is 12.4. The first kappa shape index (κ1) is 15.9. The van der Waals surface area contributed by atoms with Crippen LogP contribution in [-0.4, -0.2) is 22.0 Å². The van der Waals surface area contributed by atoms with Crippen molar-refractivity contribution in [2.24, 2.45) is 0 Å². The summed E-state index contributed by atoms with van der Waals surface area (Å²) in [4.78, 5) is 31.2. The van der Waals surface area contributed by atoms with Crippen molar-refractivity contribution in [3.63, 3.8) is 0 Å². The topological polar surface area (TPSA) is 84.1 Å². The monoisotopic (exact) mass is 339 g/mol. The first-order chi connectivity index (χ1) is 12.2. The molecule has 0 atom stereocenters. The number of H-pyrrole nitrogens is 1. The molecule has 6 heteroatoms. The van der Waals surface area contributed by atoms with Crippen molar-refractivity contribution in [3.05, 3.63) is 57.8 Å². The first-order valence-electron chi connectivity index (χ1n) is 8.83. The van der Waals surface area contributed by atoms with Crippen molar-refractivity contribution >= 4 is 5.91 Å². The number of para-hydroxylation sites is 1. The highest BCUT2D eigenvalue weighted by Crippen LogP contribution is 2.37. The lowest BCUT2D eigenvalue weighted by molar-refractivity contribution is 0.0943. The van der Waals surface area contributed by atoms with Crippen LogP contribution in [-0.2, 0) is 6.54 Å². The van der Waals surface area contributed by atoms with Gasteiger partial charge < -0.3 is 15.0 Å². The normalized spacial score (nSPS) is 17.0. The second-order valence-electron chi connectivity index (χ2n) is 6.75. The number of hydrogen-bond acceptors (Lipinski definition) is 4. The molecule has 4 rings (SSSR count). The Bertz CT molecular complexity index is 838. The second kappa shape index (κ2) is 6.70. The van der Waals surface area contributed by atoms with Crippen LogP contribution in [0.2, 0.25) is 0 Å². The molecule has 2 fully saturated rings. The van der Waals surface area contributed by atoms with E-state index in [0.717, 1.165) is 37.0 Å². The molecule has 0 bridgehead atoms. The van der Waals surface area contributed by atoms with Gasteiger partial charge in [-0.2, -0.15) is 0 Å². The van der Waals surface area contributed by atoms with Crippen LogP contribution in [0.3, 0.4) is 0 Å². The van der Waals surface area contributed by atoms with Gasteiger partial charge in [0.2, 0.25) is 0 Å². The van der Waals surface area contributed by atoms with Crippen LogP contribution in [0.15, 0.2) is 35.1 Å². The summed E-state index contributed by atoms with van der Waals surface area (Å²) in [7, 11) is 0. The van der Waals surface area contributed by atoms with Crippen LogP contribution >= 0.6 is 0 Å². The molecule has 0 saturated heterocycles. The Morgan fingerprint density at radius 2 is 2.04 bits per heavy atom. The molecule has 2 aliphatic carbocycles. The summed E-state index contributed by atoms with van der Waals surface area (Å²) in [5.41, 5.74) is 0.814. The number of nitrogens with one attached hydrogen (secondary N) is 2. The molecule has 2 N–H and O–H groups in total. The van der Waals surface area contributed by atoms with Gasteiger partial charge in [-0.05, 0) is 38.2 Å². The number of carbonyl (C=O) groups is 1. The van der Waals surface area contributed by atoms with E-state index in [9.17, 15) is 9.59 Å². The number of nitrogens with zero attached hydrogens (tertiary/aromatic N) is 1. The van der Waals surface area contributed by atoms with Gasteiger partial charge in [-0.25, -0.2) is 4.98 Å². The molecular weight excluding hydrogens is 318 g/mol. The Morgan fingerprint density at radius 3 is 2.76 bits per heavy atom. The molecule has 2 saturated carbocycles. The molecule has 1 aromatic heterocycles. The molecule has 0 radical (unpaired) electrons. The number of amides is 1. The molecule has 130 valence electrons. The van der Waals surface area contributed by atoms with E-state index in [4.69, 9.17) is 4.74 Å². The standard InChI is InChI=1S/C19H21N3O3/c23-17-10-15(21-18(22-17)12-8-9-12)19(24)20-11-13-4-1-2-7-16(13)25-14-5-3-6-14/h1-2,4,7,10,12,14H,3,5-6,8-9,11H2,(H,20,24)(H,21,22,23). The maximum Gasteiger partial charge on any atom is 0.270 e. The fraction of sp³-hybridized carbons (Fsp3) is 0.421. The molecule has 1 amide bonds. The van der Waals surface area contributed by atoms with Crippen molar-refractivity contribution in [3.8, 4) is 5.75 Å². The zero-order valence-corrected chi connectivity index (χ0v) is 14.0. The average Bonchev–Trinajstić information content (AvgIpc) is 3.41. The van der Waals surface area contributed by atoms with Gasteiger partial charge in [-0.1, -0.05) is 18.2 Å². The van der Waals surface area contributed by atoms with Crippen LogP contribution in [0.1, 0.15) is 59.9 Å².